The number of hydrogen-bond donors (Lipinski definition) is 1. The number of carbonyl (C=O) groups is 1. The molecular formula is C22H18Cl2F3N5O. The monoisotopic (exact) mass is 495 g/mol. The maximum Gasteiger partial charge on any atom is 0.416 e. The molecule has 2 aromatic heterocycles. The van der Waals surface area contributed by atoms with E-state index in [0.717, 1.165) is 12.1 Å². The summed E-state index contributed by atoms with van der Waals surface area (Å²) in [7, 11) is 0. The molecule has 1 aliphatic heterocycles. The van der Waals surface area contributed by atoms with Crippen LogP contribution in [0.5, 0.6) is 0 Å². The van der Waals surface area contributed by atoms with Gasteiger partial charge in [0, 0.05) is 42.7 Å². The number of amides is 1. The predicted molar refractivity (Wildman–Crippen MR) is 120 cm³/mol. The summed E-state index contributed by atoms with van der Waals surface area (Å²) in [6.45, 7) is 1.25. The Morgan fingerprint density at radius 1 is 1.06 bits per heavy atom. The fourth-order valence-corrected chi connectivity index (χ4v) is 4.09. The quantitative estimate of drug-likeness (QED) is 0.366. The number of rotatable bonds is 4. The van der Waals surface area contributed by atoms with Crippen LogP contribution in [-0.2, 0) is 6.18 Å². The Morgan fingerprint density at radius 3 is 2.36 bits per heavy atom. The average molecular weight is 496 g/mol. The lowest BCUT2D eigenvalue weighted by molar-refractivity contribution is -0.137. The SMILES string of the molecule is O=C(Cl)NC1CCN(c2cnc(-c3ccc(C(F)(F)F)cc3)c(-c3ccncc3Cl)n2)CC1. The van der Waals surface area contributed by atoms with Crippen LogP contribution < -0.4 is 10.2 Å². The van der Waals surface area contributed by atoms with Gasteiger partial charge in [0.25, 0.3) is 0 Å². The van der Waals surface area contributed by atoms with Crippen molar-refractivity contribution in [2.75, 3.05) is 18.0 Å². The minimum absolute atomic E-state index is 0.0141. The second-order valence-corrected chi connectivity index (χ2v) is 8.29. The Balaban J connectivity index is 1.70. The van der Waals surface area contributed by atoms with Gasteiger partial charge in [-0.05, 0) is 42.6 Å². The molecule has 6 nitrogen and oxygen atoms in total. The molecule has 0 saturated carbocycles. The third-order valence-corrected chi connectivity index (χ3v) is 5.82. The van der Waals surface area contributed by atoms with Crippen LogP contribution in [-0.4, -0.2) is 39.4 Å². The number of halogens is 5. The van der Waals surface area contributed by atoms with Crippen LogP contribution in [0, 0.1) is 0 Å². The van der Waals surface area contributed by atoms with E-state index in [9.17, 15) is 18.0 Å². The number of anilines is 1. The van der Waals surface area contributed by atoms with Crippen LogP contribution in [0.1, 0.15) is 18.4 Å². The van der Waals surface area contributed by atoms with Gasteiger partial charge < -0.3 is 10.2 Å². The van der Waals surface area contributed by atoms with Crippen molar-refractivity contribution in [3.05, 3.63) is 59.5 Å². The summed E-state index contributed by atoms with van der Waals surface area (Å²) in [5, 5.41) is 2.47. The number of carbonyl (C=O) groups excluding carboxylic acids is 1. The van der Waals surface area contributed by atoms with Crippen molar-refractivity contribution >= 4 is 34.4 Å². The molecule has 172 valence electrons. The van der Waals surface area contributed by atoms with Crippen LogP contribution in [0.4, 0.5) is 23.8 Å². The van der Waals surface area contributed by atoms with Crippen molar-refractivity contribution < 1.29 is 18.0 Å². The van der Waals surface area contributed by atoms with E-state index < -0.39 is 17.1 Å². The summed E-state index contributed by atoms with van der Waals surface area (Å²) in [5.41, 5.74) is 1.15. The third kappa shape index (κ3) is 5.36. The van der Waals surface area contributed by atoms with Gasteiger partial charge >= 0.3 is 11.5 Å². The molecule has 1 aromatic carbocycles. The Labute approximate surface area is 197 Å². The van der Waals surface area contributed by atoms with E-state index in [-0.39, 0.29) is 6.04 Å². The zero-order chi connectivity index (χ0) is 23.6. The molecule has 0 bridgehead atoms. The lowest BCUT2D eigenvalue weighted by Crippen LogP contribution is -2.43. The highest BCUT2D eigenvalue weighted by molar-refractivity contribution is 6.63. The van der Waals surface area contributed by atoms with Crippen molar-refractivity contribution in [3.8, 4) is 22.5 Å². The molecule has 1 fully saturated rings. The van der Waals surface area contributed by atoms with Gasteiger partial charge in [0.05, 0.1) is 22.5 Å². The molecule has 1 amide bonds. The molecule has 3 heterocycles. The van der Waals surface area contributed by atoms with E-state index in [2.05, 4.69) is 15.3 Å². The van der Waals surface area contributed by atoms with Gasteiger partial charge in [-0.1, -0.05) is 23.7 Å². The van der Waals surface area contributed by atoms with Gasteiger partial charge in [-0.3, -0.25) is 14.8 Å². The smallest absolute Gasteiger partial charge is 0.355 e. The molecule has 0 spiro atoms. The van der Waals surface area contributed by atoms with Gasteiger partial charge in [0.2, 0.25) is 0 Å². The van der Waals surface area contributed by atoms with E-state index in [1.54, 1.807) is 18.5 Å². The minimum atomic E-state index is -4.43. The molecule has 3 aromatic rings. The number of piperidine rings is 1. The van der Waals surface area contributed by atoms with E-state index in [4.69, 9.17) is 28.2 Å². The van der Waals surface area contributed by atoms with Crippen molar-refractivity contribution in [1.82, 2.24) is 20.3 Å². The number of pyridine rings is 1. The number of nitrogens with zero attached hydrogens (tertiary/aromatic N) is 4. The van der Waals surface area contributed by atoms with E-state index in [0.29, 0.717) is 59.3 Å². The van der Waals surface area contributed by atoms with Gasteiger partial charge in [-0.25, -0.2) is 4.98 Å². The number of alkyl halides is 3. The molecule has 0 radical (unpaired) electrons. The Kier molecular flexibility index (Phi) is 6.71. The van der Waals surface area contributed by atoms with Crippen molar-refractivity contribution in [2.24, 2.45) is 0 Å². The molecule has 0 unspecified atom stereocenters. The minimum Gasteiger partial charge on any atom is -0.355 e. The van der Waals surface area contributed by atoms with Gasteiger partial charge in [-0.15, -0.1) is 0 Å². The van der Waals surface area contributed by atoms with Crippen molar-refractivity contribution in [3.63, 3.8) is 0 Å². The summed E-state index contributed by atoms with van der Waals surface area (Å²) in [5.74, 6) is 0.601. The molecule has 1 N–H and O–H groups in total. The molecule has 1 saturated heterocycles. The van der Waals surface area contributed by atoms with Crippen molar-refractivity contribution in [2.45, 2.75) is 25.1 Å². The molecular weight excluding hydrogens is 478 g/mol. The van der Waals surface area contributed by atoms with Crippen LogP contribution in [0.15, 0.2) is 48.9 Å². The summed E-state index contributed by atoms with van der Waals surface area (Å²) < 4.78 is 39.0. The first-order valence-corrected chi connectivity index (χ1v) is 10.8. The van der Waals surface area contributed by atoms with Crippen LogP contribution in [0.3, 0.4) is 0 Å². The number of nitrogens with one attached hydrogen (secondary N) is 1. The zero-order valence-corrected chi connectivity index (χ0v) is 18.6. The fraction of sp³-hybridized carbons (Fsp3) is 0.273. The first kappa shape index (κ1) is 23.3. The Hall–Kier alpha value is -2.91. The second-order valence-electron chi connectivity index (χ2n) is 7.54. The van der Waals surface area contributed by atoms with E-state index in [1.807, 2.05) is 4.90 Å². The Bertz CT molecular complexity index is 1150. The first-order chi connectivity index (χ1) is 15.7. The summed E-state index contributed by atoms with van der Waals surface area (Å²) >= 11 is 11.8. The maximum atomic E-state index is 13.0. The molecule has 1 aliphatic rings. The molecule has 33 heavy (non-hydrogen) atoms. The zero-order valence-electron chi connectivity index (χ0n) is 17.1. The largest absolute Gasteiger partial charge is 0.416 e. The van der Waals surface area contributed by atoms with Crippen LogP contribution >= 0.6 is 23.2 Å². The predicted octanol–water partition coefficient (Wildman–Crippen LogP) is 5.80. The second kappa shape index (κ2) is 9.52. The number of benzene rings is 1. The highest BCUT2D eigenvalue weighted by atomic mass is 35.5. The van der Waals surface area contributed by atoms with Gasteiger partial charge in [0.1, 0.15) is 11.5 Å². The summed E-state index contributed by atoms with van der Waals surface area (Å²) in [6, 6.07) is 6.43. The summed E-state index contributed by atoms with van der Waals surface area (Å²) in [4.78, 5) is 26.4. The highest BCUT2D eigenvalue weighted by Crippen LogP contribution is 2.36. The van der Waals surface area contributed by atoms with Crippen LogP contribution in [0.25, 0.3) is 22.5 Å². The lowest BCUT2D eigenvalue weighted by atomic mass is 10.0. The summed E-state index contributed by atoms with van der Waals surface area (Å²) in [6.07, 6.45) is 1.57. The normalized spacial score (nSPS) is 14.9. The fourth-order valence-electron chi connectivity index (χ4n) is 3.73. The van der Waals surface area contributed by atoms with Gasteiger partial charge in [0.15, 0.2) is 0 Å². The van der Waals surface area contributed by atoms with Gasteiger partial charge in [-0.2, -0.15) is 13.2 Å². The third-order valence-electron chi connectivity index (χ3n) is 5.41. The van der Waals surface area contributed by atoms with Crippen molar-refractivity contribution in [1.29, 1.82) is 0 Å². The van der Waals surface area contributed by atoms with E-state index >= 15 is 0 Å². The molecule has 4 rings (SSSR count). The highest BCUT2D eigenvalue weighted by Gasteiger charge is 2.30. The lowest BCUT2D eigenvalue weighted by Gasteiger charge is -2.32. The first-order valence-electron chi connectivity index (χ1n) is 10.1. The van der Waals surface area contributed by atoms with Crippen LogP contribution in [0.2, 0.25) is 5.02 Å². The van der Waals surface area contributed by atoms with E-state index in [1.165, 1.54) is 18.3 Å². The maximum absolute atomic E-state index is 13.0. The molecule has 11 heteroatoms. The standard InChI is InChI=1S/C22H18Cl2F3N5O/c23-17-11-28-8-5-16(17)20-19(13-1-3-14(4-2-13)22(25,26)27)29-12-18(31-20)32-9-6-15(7-10-32)30-21(24)33/h1-5,8,11-12,15H,6-7,9-10H2,(H,30,33). The number of hydrogen-bond acceptors (Lipinski definition) is 5. The number of aromatic nitrogens is 3. The Morgan fingerprint density at radius 2 is 1.76 bits per heavy atom. The molecule has 0 atom stereocenters. The molecule has 0 aliphatic carbocycles. The average Bonchev–Trinajstić information content (AvgIpc) is 2.79. The topological polar surface area (TPSA) is 71.0 Å².